The summed E-state index contributed by atoms with van der Waals surface area (Å²) in [5.74, 6) is -1.35. The molecule has 0 N–H and O–H groups in total. The van der Waals surface area contributed by atoms with E-state index in [1.807, 2.05) is 26.8 Å². The molecule has 1 aromatic carbocycles. The zero-order valence-corrected chi connectivity index (χ0v) is 20.6. The van der Waals surface area contributed by atoms with Gasteiger partial charge in [-0.1, -0.05) is 56.5 Å². The predicted octanol–water partition coefficient (Wildman–Crippen LogP) is 3.89. The largest absolute Gasteiger partial charge is 0.858 e. The average molecular weight is 499 g/mol. The van der Waals surface area contributed by atoms with E-state index in [1.165, 1.54) is 9.58 Å². The summed E-state index contributed by atoms with van der Waals surface area (Å²) in [6.07, 6.45) is 4.53. The Balaban J connectivity index is 1.98. The zero-order valence-electron chi connectivity index (χ0n) is 19.1. The van der Waals surface area contributed by atoms with Gasteiger partial charge in [0.2, 0.25) is 0 Å². The highest BCUT2D eigenvalue weighted by molar-refractivity contribution is 6.45. The number of benzene rings is 1. The third-order valence-corrected chi connectivity index (χ3v) is 6.20. The SMILES string of the molecule is CCCc1nn(-c2ccc(Cl)c(Cl)c2)c([O-])c1C1=C([n+]2ccccc2)C(=O)N(CC(C)C)C1=O. The fourth-order valence-corrected chi connectivity index (χ4v) is 4.30. The number of carbonyl (C=O) groups excluding carboxylic acids is 2. The summed E-state index contributed by atoms with van der Waals surface area (Å²) >= 11 is 12.2. The van der Waals surface area contributed by atoms with Gasteiger partial charge in [-0.2, -0.15) is 9.67 Å². The Morgan fingerprint density at radius 3 is 2.38 bits per heavy atom. The Bertz CT molecular complexity index is 1300. The van der Waals surface area contributed by atoms with Crippen LogP contribution in [0.3, 0.4) is 0 Å². The minimum Gasteiger partial charge on any atom is -0.858 e. The van der Waals surface area contributed by atoms with E-state index < -0.39 is 17.7 Å². The van der Waals surface area contributed by atoms with E-state index in [1.54, 1.807) is 47.3 Å². The number of hydrogen-bond donors (Lipinski definition) is 0. The van der Waals surface area contributed by atoms with E-state index in [2.05, 4.69) is 5.10 Å². The van der Waals surface area contributed by atoms with Gasteiger partial charge in [0, 0.05) is 24.2 Å². The fraction of sp³-hybridized carbons (Fsp3) is 0.280. The van der Waals surface area contributed by atoms with Crippen LogP contribution in [0.5, 0.6) is 5.88 Å². The molecule has 3 aromatic rings. The van der Waals surface area contributed by atoms with Crippen LogP contribution in [0, 0.1) is 5.92 Å². The first-order chi connectivity index (χ1) is 16.2. The van der Waals surface area contributed by atoms with Crippen molar-refractivity contribution >= 4 is 46.3 Å². The molecule has 2 amide bonds. The predicted molar refractivity (Wildman–Crippen MR) is 128 cm³/mol. The highest BCUT2D eigenvalue weighted by atomic mass is 35.5. The van der Waals surface area contributed by atoms with Crippen LogP contribution >= 0.6 is 23.2 Å². The van der Waals surface area contributed by atoms with E-state index in [0.29, 0.717) is 29.2 Å². The smallest absolute Gasteiger partial charge is 0.326 e. The van der Waals surface area contributed by atoms with Gasteiger partial charge in [-0.15, -0.1) is 0 Å². The highest BCUT2D eigenvalue weighted by Gasteiger charge is 2.46. The van der Waals surface area contributed by atoms with Gasteiger partial charge in [0.25, 0.3) is 11.6 Å². The van der Waals surface area contributed by atoms with E-state index >= 15 is 0 Å². The van der Waals surface area contributed by atoms with Gasteiger partial charge < -0.3 is 5.11 Å². The molecule has 0 bridgehead atoms. The first-order valence-corrected chi connectivity index (χ1v) is 11.8. The first-order valence-electron chi connectivity index (χ1n) is 11.1. The quantitative estimate of drug-likeness (QED) is 0.365. The molecular weight excluding hydrogens is 475 g/mol. The molecule has 2 aromatic heterocycles. The van der Waals surface area contributed by atoms with Gasteiger partial charge >= 0.3 is 5.91 Å². The van der Waals surface area contributed by atoms with Crippen LogP contribution in [0.25, 0.3) is 17.0 Å². The normalized spacial score (nSPS) is 14.1. The minimum absolute atomic E-state index is 0.0649. The van der Waals surface area contributed by atoms with E-state index in [0.717, 1.165) is 0 Å². The molecule has 34 heavy (non-hydrogen) atoms. The van der Waals surface area contributed by atoms with Crippen LogP contribution in [0.2, 0.25) is 10.0 Å². The van der Waals surface area contributed by atoms with Gasteiger partial charge in [0.05, 0.1) is 21.4 Å². The molecule has 0 saturated carbocycles. The van der Waals surface area contributed by atoms with E-state index in [-0.39, 0.29) is 34.3 Å². The maximum atomic E-state index is 13.7. The Morgan fingerprint density at radius 2 is 1.76 bits per heavy atom. The molecule has 0 aliphatic carbocycles. The molecule has 7 nitrogen and oxygen atoms in total. The van der Waals surface area contributed by atoms with Crippen LogP contribution in [-0.4, -0.2) is 33.0 Å². The molecular formula is C25H24Cl2N4O3. The molecule has 176 valence electrons. The van der Waals surface area contributed by atoms with Gasteiger partial charge in [-0.05, 0) is 36.4 Å². The average Bonchev–Trinajstić information content (AvgIpc) is 3.24. The molecule has 1 aliphatic rings. The molecule has 0 saturated heterocycles. The lowest BCUT2D eigenvalue weighted by molar-refractivity contribution is -0.576. The van der Waals surface area contributed by atoms with Crippen molar-refractivity contribution < 1.29 is 19.3 Å². The maximum Gasteiger partial charge on any atom is 0.326 e. The lowest BCUT2D eigenvalue weighted by Gasteiger charge is -2.17. The number of pyridine rings is 1. The third kappa shape index (κ3) is 4.21. The third-order valence-electron chi connectivity index (χ3n) is 5.47. The van der Waals surface area contributed by atoms with Crippen molar-refractivity contribution in [1.82, 2.24) is 14.7 Å². The summed E-state index contributed by atoms with van der Waals surface area (Å²) in [7, 11) is 0. The van der Waals surface area contributed by atoms with Crippen molar-refractivity contribution in [2.24, 2.45) is 5.92 Å². The number of rotatable bonds is 7. The van der Waals surface area contributed by atoms with Crippen molar-refractivity contribution in [1.29, 1.82) is 0 Å². The minimum atomic E-state index is -0.492. The molecule has 0 unspecified atom stereocenters. The van der Waals surface area contributed by atoms with E-state index in [9.17, 15) is 14.7 Å². The Morgan fingerprint density at radius 1 is 1.06 bits per heavy atom. The topological polar surface area (TPSA) is 82.1 Å². The number of nitrogens with zero attached hydrogens (tertiary/aromatic N) is 4. The maximum absolute atomic E-state index is 13.7. The number of imide groups is 1. The molecule has 3 heterocycles. The lowest BCUT2D eigenvalue weighted by Crippen LogP contribution is -2.40. The summed E-state index contributed by atoms with van der Waals surface area (Å²) in [5, 5.41) is 18.9. The number of halogens is 2. The molecule has 0 fully saturated rings. The van der Waals surface area contributed by atoms with Crippen molar-refractivity contribution in [3.63, 3.8) is 0 Å². The lowest BCUT2D eigenvalue weighted by atomic mass is 10.0. The molecule has 4 rings (SSSR count). The van der Waals surface area contributed by atoms with Crippen molar-refractivity contribution in [3.05, 3.63) is 70.1 Å². The monoisotopic (exact) mass is 498 g/mol. The zero-order chi connectivity index (χ0) is 24.6. The fourth-order valence-electron chi connectivity index (χ4n) is 4.01. The summed E-state index contributed by atoms with van der Waals surface area (Å²) in [4.78, 5) is 28.3. The number of aryl methyl sites for hydroxylation is 1. The van der Waals surface area contributed by atoms with Gasteiger partial charge in [0.1, 0.15) is 5.57 Å². The summed E-state index contributed by atoms with van der Waals surface area (Å²) in [6.45, 7) is 6.06. The van der Waals surface area contributed by atoms with Gasteiger partial charge in [-0.25, -0.2) is 4.68 Å². The van der Waals surface area contributed by atoms with Crippen LogP contribution in [-0.2, 0) is 16.0 Å². The highest BCUT2D eigenvalue weighted by Crippen LogP contribution is 2.38. The second-order valence-electron chi connectivity index (χ2n) is 8.51. The van der Waals surface area contributed by atoms with Crippen LogP contribution in [0.4, 0.5) is 0 Å². The van der Waals surface area contributed by atoms with Crippen molar-refractivity contribution in [3.8, 4) is 11.6 Å². The van der Waals surface area contributed by atoms with Gasteiger partial charge in [-0.3, -0.25) is 14.5 Å². The number of aromatic nitrogens is 3. The van der Waals surface area contributed by atoms with Crippen molar-refractivity contribution in [2.75, 3.05) is 6.54 Å². The van der Waals surface area contributed by atoms with Crippen LogP contribution < -0.4 is 9.67 Å². The first kappa shape index (κ1) is 24.0. The molecule has 0 radical (unpaired) electrons. The molecule has 0 atom stereocenters. The summed E-state index contributed by atoms with van der Waals surface area (Å²) in [6, 6.07) is 10.1. The van der Waals surface area contributed by atoms with Crippen LogP contribution in [0.1, 0.15) is 38.4 Å². The molecule has 1 aliphatic heterocycles. The molecule has 0 spiro atoms. The van der Waals surface area contributed by atoms with Crippen molar-refractivity contribution in [2.45, 2.75) is 33.6 Å². The summed E-state index contributed by atoms with van der Waals surface area (Å²) < 4.78 is 2.80. The Hall–Kier alpha value is -3.16. The Kier molecular flexibility index (Phi) is 6.77. The Labute approximate surface area is 207 Å². The number of hydrogen-bond acceptors (Lipinski definition) is 4. The van der Waals surface area contributed by atoms with Gasteiger partial charge in [0.15, 0.2) is 12.4 Å². The second kappa shape index (κ2) is 9.60. The van der Waals surface area contributed by atoms with Crippen LogP contribution in [0.15, 0.2) is 48.8 Å². The van der Waals surface area contributed by atoms with E-state index in [4.69, 9.17) is 23.2 Å². The summed E-state index contributed by atoms with van der Waals surface area (Å²) in [5.41, 5.74) is 1.24. The molecule has 9 heteroatoms. The standard InChI is InChI=1S/C25H24Cl2N4O3/c1-4-8-19-20(24(33)31(28-19)16-9-10-17(26)18(27)13-16)21-22(29-11-6-5-7-12-29)25(34)30(23(21)32)14-15(2)3/h5-7,9-13,15H,4,8,14H2,1-3H3. The second-order valence-corrected chi connectivity index (χ2v) is 9.32. The number of carbonyl (C=O) groups is 2. The number of amides is 2.